The van der Waals surface area contributed by atoms with Gasteiger partial charge in [-0.15, -0.1) is 0 Å². The molecule has 17 heavy (non-hydrogen) atoms. The van der Waals surface area contributed by atoms with Gasteiger partial charge >= 0.3 is 0 Å². The molecule has 1 heterocycles. The number of nitrogens with zero attached hydrogens (tertiary/aromatic N) is 2. The molecule has 0 saturated heterocycles. The van der Waals surface area contributed by atoms with Gasteiger partial charge in [-0.3, -0.25) is 5.41 Å². The second-order valence-electron chi connectivity index (χ2n) is 3.47. The molecule has 0 aliphatic rings. The Labute approximate surface area is 108 Å². The number of nitrogens with two attached hydrogens (primary N) is 1. The molecule has 6 heteroatoms. The summed E-state index contributed by atoms with van der Waals surface area (Å²) in [5.74, 6) is 1.66. The standard InChI is InChI=1S/C11H12N4S2/c1-7-14-11(17-15-7)16-6-8-4-2-3-5-9(8)10(12)13/h2-5H,6H2,1H3,(H3,12,13). The van der Waals surface area contributed by atoms with Crippen molar-refractivity contribution in [3.05, 3.63) is 41.2 Å². The van der Waals surface area contributed by atoms with Crippen molar-refractivity contribution in [2.75, 3.05) is 0 Å². The first kappa shape index (κ1) is 12.1. The Hall–Kier alpha value is -1.40. The summed E-state index contributed by atoms with van der Waals surface area (Å²) in [6.45, 7) is 1.88. The number of nitrogen functional groups attached to an aromatic ring is 1. The van der Waals surface area contributed by atoms with Crippen molar-refractivity contribution in [1.29, 1.82) is 5.41 Å². The van der Waals surface area contributed by atoms with Crippen LogP contribution in [0, 0.1) is 12.3 Å². The van der Waals surface area contributed by atoms with Crippen molar-refractivity contribution in [3.63, 3.8) is 0 Å². The average molecular weight is 264 g/mol. The van der Waals surface area contributed by atoms with E-state index in [1.807, 2.05) is 31.2 Å². The highest BCUT2D eigenvalue weighted by Gasteiger charge is 2.07. The summed E-state index contributed by atoms with van der Waals surface area (Å²) in [5.41, 5.74) is 7.38. The van der Waals surface area contributed by atoms with Crippen molar-refractivity contribution < 1.29 is 0 Å². The number of hydrogen-bond donors (Lipinski definition) is 2. The van der Waals surface area contributed by atoms with E-state index in [1.54, 1.807) is 11.8 Å². The lowest BCUT2D eigenvalue weighted by Crippen LogP contribution is -2.13. The fourth-order valence-corrected chi connectivity index (χ4v) is 3.04. The molecular weight excluding hydrogens is 252 g/mol. The normalized spacial score (nSPS) is 10.4. The van der Waals surface area contributed by atoms with Gasteiger partial charge < -0.3 is 5.73 Å². The number of aryl methyl sites for hydroxylation is 1. The Bertz CT molecular complexity index is 536. The van der Waals surface area contributed by atoms with Crippen molar-refractivity contribution in [2.24, 2.45) is 5.73 Å². The van der Waals surface area contributed by atoms with Gasteiger partial charge in [0.15, 0.2) is 4.34 Å². The maximum absolute atomic E-state index is 7.51. The van der Waals surface area contributed by atoms with E-state index in [0.717, 1.165) is 27.0 Å². The molecule has 88 valence electrons. The van der Waals surface area contributed by atoms with E-state index in [1.165, 1.54) is 11.5 Å². The van der Waals surface area contributed by atoms with Crippen LogP contribution in [0.3, 0.4) is 0 Å². The van der Waals surface area contributed by atoms with Gasteiger partial charge in [-0.05, 0) is 24.0 Å². The van der Waals surface area contributed by atoms with Crippen LogP contribution in [0.4, 0.5) is 0 Å². The first-order chi connectivity index (χ1) is 8.16. The minimum atomic E-state index is 0.106. The Balaban J connectivity index is 2.11. The van der Waals surface area contributed by atoms with Gasteiger partial charge in [-0.1, -0.05) is 36.0 Å². The number of rotatable bonds is 4. The summed E-state index contributed by atoms with van der Waals surface area (Å²) in [6.07, 6.45) is 0. The fraction of sp³-hybridized carbons (Fsp3) is 0.182. The Kier molecular flexibility index (Phi) is 3.75. The van der Waals surface area contributed by atoms with Crippen LogP contribution in [0.15, 0.2) is 28.6 Å². The third kappa shape index (κ3) is 3.04. The molecule has 2 rings (SSSR count). The topological polar surface area (TPSA) is 75.7 Å². The fourth-order valence-electron chi connectivity index (χ4n) is 1.39. The number of thioether (sulfide) groups is 1. The minimum absolute atomic E-state index is 0.106. The van der Waals surface area contributed by atoms with Crippen molar-refractivity contribution in [2.45, 2.75) is 17.0 Å². The molecule has 0 bridgehead atoms. The van der Waals surface area contributed by atoms with E-state index in [0.29, 0.717) is 0 Å². The number of aromatic nitrogens is 2. The molecule has 0 aliphatic carbocycles. The van der Waals surface area contributed by atoms with E-state index >= 15 is 0 Å². The van der Waals surface area contributed by atoms with Crippen LogP contribution in [0.1, 0.15) is 17.0 Å². The SMILES string of the molecule is Cc1nsc(SCc2ccccc2C(=N)N)n1. The van der Waals surface area contributed by atoms with Gasteiger partial charge in [0.1, 0.15) is 11.7 Å². The predicted octanol–water partition coefficient (Wildman–Crippen LogP) is 2.42. The van der Waals surface area contributed by atoms with Crippen molar-refractivity contribution in [1.82, 2.24) is 9.36 Å². The van der Waals surface area contributed by atoms with Crippen LogP contribution < -0.4 is 5.73 Å². The van der Waals surface area contributed by atoms with Crippen LogP contribution in [0.2, 0.25) is 0 Å². The molecule has 1 aromatic heterocycles. The van der Waals surface area contributed by atoms with Crippen LogP contribution in [-0.2, 0) is 5.75 Å². The second-order valence-corrected chi connectivity index (χ2v) is 5.44. The van der Waals surface area contributed by atoms with Gasteiger partial charge in [0.25, 0.3) is 0 Å². The zero-order chi connectivity index (χ0) is 12.3. The lowest BCUT2D eigenvalue weighted by Gasteiger charge is -2.05. The molecule has 0 amide bonds. The van der Waals surface area contributed by atoms with Crippen molar-refractivity contribution in [3.8, 4) is 0 Å². The Morgan fingerprint density at radius 3 is 2.88 bits per heavy atom. The third-order valence-electron chi connectivity index (χ3n) is 2.17. The number of amidine groups is 1. The molecule has 0 aliphatic heterocycles. The van der Waals surface area contributed by atoms with Gasteiger partial charge in [-0.25, -0.2) is 4.98 Å². The second kappa shape index (κ2) is 5.29. The average Bonchev–Trinajstić information content (AvgIpc) is 2.73. The summed E-state index contributed by atoms with van der Waals surface area (Å²) in [6, 6.07) is 7.69. The number of hydrogen-bond acceptors (Lipinski definition) is 5. The highest BCUT2D eigenvalue weighted by molar-refractivity contribution is 8.00. The Morgan fingerprint density at radius 1 is 1.47 bits per heavy atom. The summed E-state index contributed by atoms with van der Waals surface area (Å²) in [7, 11) is 0. The van der Waals surface area contributed by atoms with Crippen molar-refractivity contribution >= 4 is 29.1 Å². The molecule has 0 saturated carbocycles. The minimum Gasteiger partial charge on any atom is -0.384 e. The van der Waals surface area contributed by atoms with Gasteiger partial charge in [0, 0.05) is 11.3 Å². The highest BCUT2D eigenvalue weighted by atomic mass is 32.2. The first-order valence-electron chi connectivity index (χ1n) is 5.02. The molecule has 2 aromatic rings. The van der Waals surface area contributed by atoms with Gasteiger partial charge in [0.2, 0.25) is 0 Å². The molecule has 0 atom stereocenters. The lowest BCUT2D eigenvalue weighted by molar-refractivity contribution is 1.10. The van der Waals surface area contributed by atoms with E-state index in [2.05, 4.69) is 9.36 Å². The molecule has 1 aromatic carbocycles. The lowest BCUT2D eigenvalue weighted by atomic mass is 10.1. The zero-order valence-electron chi connectivity index (χ0n) is 9.30. The first-order valence-corrected chi connectivity index (χ1v) is 6.78. The molecular formula is C11H12N4S2. The summed E-state index contributed by atoms with van der Waals surface area (Å²) < 4.78 is 5.07. The molecule has 0 unspecified atom stereocenters. The quantitative estimate of drug-likeness (QED) is 0.505. The van der Waals surface area contributed by atoms with E-state index in [4.69, 9.17) is 11.1 Å². The van der Waals surface area contributed by atoms with Gasteiger partial charge in [0.05, 0.1) is 0 Å². The summed E-state index contributed by atoms with van der Waals surface area (Å²) >= 11 is 3.02. The third-order valence-corrected chi connectivity index (χ3v) is 4.14. The largest absolute Gasteiger partial charge is 0.384 e. The van der Waals surface area contributed by atoms with Crippen LogP contribution >= 0.6 is 23.3 Å². The molecule has 3 N–H and O–H groups in total. The molecule has 0 radical (unpaired) electrons. The van der Waals surface area contributed by atoms with E-state index in [9.17, 15) is 0 Å². The Morgan fingerprint density at radius 2 is 2.24 bits per heavy atom. The van der Waals surface area contributed by atoms with Crippen LogP contribution in [0.25, 0.3) is 0 Å². The zero-order valence-corrected chi connectivity index (χ0v) is 10.9. The maximum atomic E-state index is 7.51. The predicted molar refractivity (Wildman–Crippen MR) is 71.7 cm³/mol. The van der Waals surface area contributed by atoms with Crippen LogP contribution in [-0.4, -0.2) is 15.2 Å². The van der Waals surface area contributed by atoms with Gasteiger partial charge in [-0.2, -0.15) is 4.37 Å². The molecule has 0 spiro atoms. The van der Waals surface area contributed by atoms with E-state index in [-0.39, 0.29) is 5.84 Å². The van der Waals surface area contributed by atoms with E-state index < -0.39 is 0 Å². The highest BCUT2D eigenvalue weighted by Crippen LogP contribution is 2.25. The summed E-state index contributed by atoms with van der Waals surface area (Å²) in [4.78, 5) is 4.29. The molecule has 0 fully saturated rings. The maximum Gasteiger partial charge on any atom is 0.170 e. The number of nitrogens with one attached hydrogen (secondary N) is 1. The molecule has 4 nitrogen and oxygen atoms in total. The van der Waals surface area contributed by atoms with Crippen LogP contribution in [0.5, 0.6) is 0 Å². The smallest absolute Gasteiger partial charge is 0.170 e. The number of benzene rings is 1. The summed E-state index contributed by atoms with van der Waals surface area (Å²) in [5, 5.41) is 7.51. The monoisotopic (exact) mass is 264 g/mol.